The minimum absolute atomic E-state index is 0.00178. The Bertz CT molecular complexity index is 669. The van der Waals surface area contributed by atoms with Crippen molar-refractivity contribution in [1.29, 1.82) is 0 Å². The van der Waals surface area contributed by atoms with Gasteiger partial charge in [-0.25, -0.2) is 9.97 Å². The summed E-state index contributed by atoms with van der Waals surface area (Å²) in [5.41, 5.74) is 6.18. The number of carbonyl (C=O) groups is 1. The topological polar surface area (TPSA) is 124 Å². The summed E-state index contributed by atoms with van der Waals surface area (Å²) in [4.78, 5) is 28.8. The average Bonchev–Trinajstić information content (AvgIpc) is 2.39. The van der Waals surface area contributed by atoms with Crippen molar-refractivity contribution in [3.63, 3.8) is 0 Å². The van der Waals surface area contributed by atoms with E-state index >= 15 is 0 Å². The summed E-state index contributed by atoms with van der Waals surface area (Å²) in [6.45, 7) is 1.46. The Hall–Kier alpha value is -3.03. The zero-order valence-electron chi connectivity index (χ0n) is 10.5. The SMILES string of the molecule is CC(=O)c1ccc(Nc2ncnc(N)c2[N+](=O)[O-])cc1. The first-order valence-corrected chi connectivity index (χ1v) is 5.62. The molecule has 1 heterocycles. The molecule has 1 aromatic carbocycles. The summed E-state index contributed by atoms with van der Waals surface area (Å²) in [6.07, 6.45) is 1.13. The predicted octanol–water partition coefficient (Wildman–Crippen LogP) is 1.91. The first kappa shape index (κ1) is 13.4. The van der Waals surface area contributed by atoms with Gasteiger partial charge in [-0.1, -0.05) is 0 Å². The number of anilines is 3. The molecule has 0 aliphatic heterocycles. The van der Waals surface area contributed by atoms with Crippen LogP contribution in [0.25, 0.3) is 0 Å². The number of rotatable bonds is 4. The lowest BCUT2D eigenvalue weighted by Gasteiger charge is -2.07. The fourth-order valence-electron chi connectivity index (χ4n) is 1.59. The van der Waals surface area contributed by atoms with E-state index in [4.69, 9.17) is 5.73 Å². The van der Waals surface area contributed by atoms with Crippen LogP contribution in [0.4, 0.5) is 23.0 Å². The first-order chi connectivity index (χ1) is 9.49. The van der Waals surface area contributed by atoms with Crippen LogP contribution in [0.15, 0.2) is 30.6 Å². The van der Waals surface area contributed by atoms with Crippen LogP contribution in [0.3, 0.4) is 0 Å². The monoisotopic (exact) mass is 273 g/mol. The van der Waals surface area contributed by atoms with E-state index in [1.54, 1.807) is 24.3 Å². The maximum Gasteiger partial charge on any atom is 0.353 e. The molecule has 1 aromatic heterocycles. The highest BCUT2D eigenvalue weighted by Crippen LogP contribution is 2.28. The Morgan fingerprint density at radius 3 is 2.50 bits per heavy atom. The average molecular weight is 273 g/mol. The molecule has 8 heteroatoms. The highest BCUT2D eigenvalue weighted by molar-refractivity contribution is 5.94. The molecule has 0 aliphatic rings. The summed E-state index contributed by atoms with van der Waals surface area (Å²) >= 11 is 0. The molecule has 0 radical (unpaired) electrons. The number of nitrogens with two attached hydrogens (primary N) is 1. The van der Waals surface area contributed by atoms with Gasteiger partial charge in [0.15, 0.2) is 5.78 Å². The standard InChI is InChI=1S/C12H11N5O3/c1-7(18)8-2-4-9(5-3-8)16-12-10(17(19)20)11(13)14-6-15-12/h2-6H,1H3,(H3,13,14,15,16). The number of hydrogen-bond acceptors (Lipinski definition) is 7. The van der Waals surface area contributed by atoms with Crippen molar-refractivity contribution in [2.45, 2.75) is 6.92 Å². The van der Waals surface area contributed by atoms with Gasteiger partial charge in [-0.2, -0.15) is 0 Å². The van der Waals surface area contributed by atoms with Crippen molar-refractivity contribution in [3.8, 4) is 0 Å². The van der Waals surface area contributed by atoms with Crippen LogP contribution in [-0.2, 0) is 0 Å². The Kier molecular flexibility index (Phi) is 3.56. The minimum Gasteiger partial charge on any atom is -0.378 e. The molecule has 0 spiro atoms. The normalized spacial score (nSPS) is 10.1. The molecule has 0 atom stereocenters. The Balaban J connectivity index is 2.33. The second kappa shape index (κ2) is 5.31. The van der Waals surface area contributed by atoms with Gasteiger partial charge in [0.1, 0.15) is 6.33 Å². The molecule has 3 N–H and O–H groups in total. The van der Waals surface area contributed by atoms with Gasteiger partial charge < -0.3 is 11.1 Å². The van der Waals surface area contributed by atoms with E-state index in [0.29, 0.717) is 11.3 Å². The van der Waals surface area contributed by atoms with Gasteiger partial charge in [-0.05, 0) is 31.2 Å². The molecule has 0 unspecified atom stereocenters. The van der Waals surface area contributed by atoms with E-state index in [9.17, 15) is 14.9 Å². The molecule has 2 aromatic rings. The lowest BCUT2D eigenvalue weighted by atomic mass is 10.1. The molecule has 0 fully saturated rings. The van der Waals surface area contributed by atoms with Gasteiger partial charge in [0.2, 0.25) is 11.6 Å². The number of nitrogens with one attached hydrogen (secondary N) is 1. The summed E-state index contributed by atoms with van der Waals surface area (Å²) < 4.78 is 0. The fraction of sp³-hybridized carbons (Fsp3) is 0.0833. The predicted molar refractivity (Wildman–Crippen MR) is 72.8 cm³/mol. The smallest absolute Gasteiger partial charge is 0.353 e. The van der Waals surface area contributed by atoms with Crippen molar-refractivity contribution in [2.75, 3.05) is 11.1 Å². The summed E-state index contributed by atoms with van der Waals surface area (Å²) in [7, 11) is 0. The van der Waals surface area contributed by atoms with Crippen LogP contribution in [0, 0.1) is 10.1 Å². The van der Waals surface area contributed by atoms with Crippen molar-refractivity contribution in [3.05, 3.63) is 46.3 Å². The molecular weight excluding hydrogens is 262 g/mol. The van der Waals surface area contributed by atoms with Crippen LogP contribution in [0.1, 0.15) is 17.3 Å². The van der Waals surface area contributed by atoms with E-state index in [0.717, 1.165) is 6.33 Å². The number of nitrogen functional groups attached to an aromatic ring is 1. The van der Waals surface area contributed by atoms with Crippen LogP contribution in [0.2, 0.25) is 0 Å². The molecule has 20 heavy (non-hydrogen) atoms. The van der Waals surface area contributed by atoms with Crippen molar-refractivity contribution >= 4 is 28.8 Å². The number of hydrogen-bond donors (Lipinski definition) is 2. The Morgan fingerprint density at radius 2 is 1.95 bits per heavy atom. The molecule has 0 saturated carbocycles. The number of Topliss-reactive ketones (excluding diaryl/α,β-unsaturated/α-hetero) is 1. The number of ketones is 1. The number of benzene rings is 1. The van der Waals surface area contributed by atoms with E-state index in [2.05, 4.69) is 15.3 Å². The van der Waals surface area contributed by atoms with Crippen LogP contribution < -0.4 is 11.1 Å². The maximum atomic E-state index is 11.2. The van der Waals surface area contributed by atoms with Gasteiger partial charge in [0.25, 0.3) is 0 Å². The zero-order chi connectivity index (χ0) is 14.7. The van der Waals surface area contributed by atoms with Gasteiger partial charge >= 0.3 is 5.69 Å². The molecule has 0 saturated heterocycles. The van der Waals surface area contributed by atoms with E-state index in [1.807, 2.05) is 0 Å². The Labute approximate surface area is 113 Å². The summed E-state index contributed by atoms with van der Waals surface area (Å²) in [5.74, 6) is -0.278. The molecule has 2 rings (SSSR count). The van der Waals surface area contributed by atoms with E-state index in [1.165, 1.54) is 6.92 Å². The number of aromatic nitrogens is 2. The van der Waals surface area contributed by atoms with Gasteiger partial charge in [0, 0.05) is 11.3 Å². The van der Waals surface area contributed by atoms with E-state index in [-0.39, 0.29) is 23.1 Å². The van der Waals surface area contributed by atoms with Crippen LogP contribution in [-0.4, -0.2) is 20.7 Å². The second-order valence-electron chi connectivity index (χ2n) is 3.97. The maximum absolute atomic E-state index is 11.2. The van der Waals surface area contributed by atoms with Crippen molar-refractivity contribution in [1.82, 2.24) is 9.97 Å². The van der Waals surface area contributed by atoms with Gasteiger partial charge in [0.05, 0.1) is 4.92 Å². The van der Waals surface area contributed by atoms with Crippen molar-refractivity contribution < 1.29 is 9.72 Å². The summed E-state index contributed by atoms with van der Waals surface area (Å²) in [6, 6.07) is 6.47. The first-order valence-electron chi connectivity index (χ1n) is 5.62. The third-order valence-electron chi connectivity index (χ3n) is 2.59. The third kappa shape index (κ3) is 2.69. The highest BCUT2D eigenvalue weighted by atomic mass is 16.6. The third-order valence-corrected chi connectivity index (χ3v) is 2.59. The minimum atomic E-state index is -0.651. The van der Waals surface area contributed by atoms with Crippen LogP contribution >= 0.6 is 0 Å². The van der Waals surface area contributed by atoms with Gasteiger partial charge in [-0.3, -0.25) is 14.9 Å². The second-order valence-corrected chi connectivity index (χ2v) is 3.97. The molecule has 0 amide bonds. The van der Waals surface area contributed by atoms with Crippen LogP contribution in [0.5, 0.6) is 0 Å². The molecular formula is C12H11N5O3. The van der Waals surface area contributed by atoms with Crippen molar-refractivity contribution in [2.24, 2.45) is 0 Å². The lowest BCUT2D eigenvalue weighted by Crippen LogP contribution is -2.05. The molecule has 0 bridgehead atoms. The lowest BCUT2D eigenvalue weighted by molar-refractivity contribution is -0.383. The largest absolute Gasteiger partial charge is 0.378 e. The molecule has 0 aliphatic carbocycles. The summed E-state index contributed by atoms with van der Waals surface area (Å²) in [5, 5.41) is 13.7. The Morgan fingerprint density at radius 1 is 1.30 bits per heavy atom. The molecule has 8 nitrogen and oxygen atoms in total. The van der Waals surface area contributed by atoms with Gasteiger partial charge in [-0.15, -0.1) is 0 Å². The zero-order valence-corrected chi connectivity index (χ0v) is 10.5. The number of nitro groups is 1. The quantitative estimate of drug-likeness (QED) is 0.495. The number of carbonyl (C=O) groups excluding carboxylic acids is 1. The molecule has 102 valence electrons. The van der Waals surface area contributed by atoms with E-state index < -0.39 is 4.92 Å². The number of nitrogens with zero attached hydrogens (tertiary/aromatic N) is 3. The fourth-order valence-corrected chi connectivity index (χ4v) is 1.59. The highest BCUT2D eigenvalue weighted by Gasteiger charge is 2.20.